The molecule has 6 nitrogen and oxygen atoms in total. The van der Waals surface area contributed by atoms with Gasteiger partial charge in [-0.15, -0.1) is 0 Å². The molecule has 2 aromatic rings. The standard InChI is InChI=1S/C13H22N6/c1-5-19-13(7-10(3)17-19)12(15-14)8-11-6-9(2)16-18(11)4/h6-7,12,15H,5,8,14H2,1-4H3. The number of rotatable bonds is 5. The van der Waals surface area contributed by atoms with Crippen molar-refractivity contribution < 1.29 is 0 Å². The zero-order valence-corrected chi connectivity index (χ0v) is 12.0. The van der Waals surface area contributed by atoms with Crippen LogP contribution in [-0.2, 0) is 20.0 Å². The molecular formula is C13H22N6. The molecule has 0 saturated heterocycles. The van der Waals surface area contributed by atoms with E-state index in [1.807, 2.05) is 30.3 Å². The van der Waals surface area contributed by atoms with Gasteiger partial charge in [-0.1, -0.05) is 0 Å². The van der Waals surface area contributed by atoms with E-state index in [2.05, 4.69) is 34.7 Å². The van der Waals surface area contributed by atoms with Crippen molar-refractivity contribution in [3.8, 4) is 0 Å². The lowest BCUT2D eigenvalue weighted by Crippen LogP contribution is -2.31. The first-order valence-corrected chi connectivity index (χ1v) is 6.55. The van der Waals surface area contributed by atoms with Crippen LogP contribution in [0, 0.1) is 13.8 Å². The molecule has 1 unspecified atom stereocenters. The lowest BCUT2D eigenvalue weighted by atomic mass is 10.1. The Kier molecular flexibility index (Phi) is 4.01. The second-order valence-corrected chi connectivity index (χ2v) is 4.85. The van der Waals surface area contributed by atoms with E-state index >= 15 is 0 Å². The van der Waals surface area contributed by atoms with Crippen LogP contribution in [0.2, 0.25) is 0 Å². The summed E-state index contributed by atoms with van der Waals surface area (Å²) >= 11 is 0. The smallest absolute Gasteiger partial charge is 0.0684 e. The Balaban J connectivity index is 2.27. The van der Waals surface area contributed by atoms with Gasteiger partial charge >= 0.3 is 0 Å². The third-order valence-corrected chi connectivity index (χ3v) is 3.30. The molecule has 0 saturated carbocycles. The Morgan fingerprint density at radius 2 is 1.95 bits per heavy atom. The van der Waals surface area contributed by atoms with E-state index in [1.165, 1.54) is 0 Å². The van der Waals surface area contributed by atoms with Crippen molar-refractivity contribution in [2.24, 2.45) is 12.9 Å². The number of aromatic nitrogens is 4. The van der Waals surface area contributed by atoms with E-state index < -0.39 is 0 Å². The fourth-order valence-electron chi connectivity index (χ4n) is 2.41. The topological polar surface area (TPSA) is 73.7 Å². The molecule has 1 atom stereocenters. The lowest BCUT2D eigenvalue weighted by Gasteiger charge is -2.17. The number of hydrogen-bond donors (Lipinski definition) is 2. The third-order valence-electron chi connectivity index (χ3n) is 3.30. The van der Waals surface area contributed by atoms with Crippen LogP contribution in [0.25, 0.3) is 0 Å². The highest BCUT2D eigenvalue weighted by atomic mass is 15.3. The number of hydrazine groups is 1. The molecule has 0 bridgehead atoms. The van der Waals surface area contributed by atoms with Crippen LogP contribution in [-0.4, -0.2) is 19.6 Å². The lowest BCUT2D eigenvalue weighted by molar-refractivity contribution is 0.478. The van der Waals surface area contributed by atoms with Gasteiger partial charge in [0.05, 0.1) is 23.1 Å². The number of hydrogen-bond acceptors (Lipinski definition) is 4. The largest absolute Gasteiger partial charge is 0.272 e. The van der Waals surface area contributed by atoms with Crippen LogP contribution in [0.1, 0.15) is 35.7 Å². The van der Waals surface area contributed by atoms with Crippen molar-refractivity contribution >= 4 is 0 Å². The Morgan fingerprint density at radius 1 is 1.26 bits per heavy atom. The molecule has 104 valence electrons. The Morgan fingerprint density at radius 3 is 2.47 bits per heavy atom. The molecule has 19 heavy (non-hydrogen) atoms. The van der Waals surface area contributed by atoms with Crippen molar-refractivity contribution in [2.75, 3.05) is 0 Å². The maximum atomic E-state index is 5.72. The highest BCUT2D eigenvalue weighted by Gasteiger charge is 2.18. The monoisotopic (exact) mass is 262 g/mol. The zero-order chi connectivity index (χ0) is 14.0. The van der Waals surface area contributed by atoms with E-state index in [0.29, 0.717) is 0 Å². The summed E-state index contributed by atoms with van der Waals surface area (Å²) in [6.45, 7) is 6.91. The molecule has 0 fully saturated rings. The van der Waals surface area contributed by atoms with Crippen LogP contribution in [0.15, 0.2) is 12.1 Å². The quantitative estimate of drug-likeness (QED) is 0.623. The van der Waals surface area contributed by atoms with Gasteiger partial charge in [0.1, 0.15) is 0 Å². The van der Waals surface area contributed by atoms with Crippen LogP contribution in [0.4, 0.5) is 0 Å². The van der Waals surface area contributed by atoms with Gasteiger partial charge in [0.2, 0.25) is 0 Å². The van der Waals surface area contributed by atoms with Crippen LogP contribution < -0.4 is 11.3 Å². The Hall–Kier alpha value is -1.66. The fraction of sp³-hybridized carbons (Fsp3) is 0.538. The molecule has 6 heteroatoms. The second-order valence-electron chi connectivity index (χ2n) is 4.85. The first-order chi connectivity index (χ1) is 9.05. The molecule has 0 aliphatic rings. The molecule has 0 aliphatic carbocycles. The summed E-state index contributed by atoms with van der Waals surface area (Å²) in [5, 5.41) is 8.83. The summed E-state index contributed by atoms with van der Waals surface area (Å²) < 4.78 is 3.89. The molecule has 0 radical (unpaired) electrons. The van der Waals surface area contributed by atoms with E-state index in [1.54, 1.807) is 0 Å². The molecular weight excluding hydrogens is 240 g/mol. The Bertz CT molecular complexity index is 553. The average Bonchev–Trinajstić information content (AvgIpc) is 2.89. The minimum Gasteiger partial charge on any atom is -0.272 e. The van der Waals surface area contributed by atoms with Crippen LogP contribution in [0.5, 0.6) is 0 Å². The molecule has 2 aromatic heterocycles. The van der Waals surface area contributed by atoms with Gasteiger partial charge in [-0.25, -0.2) is 0 Å². The zero-order valence-electron chi connectivity index (χ0n) is 12.0. The number of nitrogens with zero attached hydrogens (tertiary/aromatic N) is 4. The first kappa shape index (κ1) is 13.8. The highest BCUT2D eigenvalue weighted by molar-refractivity contribution is 5.18. The maximum Gasteiger partial charge on any atom is 0.0684 e. The maximum absolute atomic E-state index is 5.72. The summed E-state index contributed by atoms with van der Waals surface area (Å²) in [6, 6.07) is 4.21. The molecule has 0 spiro atoms. The summed E-state index contributed by atoms with van der Waals surface area (Å²) in [5.41, 5.74) is 7.19. The van der Waals surface area contributed by atoms with E-state index in [4.69, 9.17) is 5.84 Å². The molecule has 0 aliphatic heterocycles. The third kappa shape index (κ3) is 2.85. The van der Waals surface area contributed by atoms with E-state index in [0.717, 1.165) is 35.7 Å². The molecule has 0 aromatic carbocycles. The van der Waals surface area contributed by atoms with E-state index in [9.17, 15) is 0 Å². The SMILES string of the molecule is CCn1nc(C)cc1C(Cc1cc(C)nn1C)NN. The van der Waals surface area contributed by atoms with Crippen molar-refractivity contribution in [1.29, 1.82) is 0 Å². The number of aryl methyl sites for hydroxylation is 4. The van der Waals surface area contributed by atoms with Crippen LogP contribution in [0.3, 0.4) is 0 Å². The normalized spacial score (nSPS) is 12.9. The van der Waals surface area contributed by atoms with Gasteiger partial charge in [0.25, 0.3) is 0 Å². The minimum atomic E-state index is 0.0379. The van der Waals surface area contributed by atoms with Gasteiger partial charge in [-0.05, 0) is 32.9 Å². The number of nitrogens with two attached hydrogens (primary N) is 1. The number of nitrogens with one attached hydrogen (secondary N) is 1. The van der Waals surface area contributed by atoms with Crippen molar-refractivity contribution in [1.82, 2.24) is 25.0 Å². The molecule has 2 rings (SSSR count). The van der Waals surface area contributed by atoms with Gasteiger partial charge in [-0.3, -0.25) is 20.6 Å². The summed E-state index contributed by atoms with van der Waals surface area (Å²) in [6.07, 6.45) is 0.791. The Labute approximate surface area is 113 Å². The fourth-order valence-corrected chi connectivity index (χ4v) is 2.41. The second kappa shape index (κ2) is 5.54. The van der Waals surface area contributed by atoms with Crippen molar-refractivity contribution in [2.45, 2.75) is 39.8 Å². The highest BCUT2D eigenvalue weighted by Crippen LogP contribution is 2.19. The predicted octanol–water partition coefficient (Wildman–Crippen LogP) is 1.00. The van der Waals surface area contributed by atoms with Gasteiger partial charge in [-0.2, -0.15) is 10.2 Å². The molecule has 0 amide bonds. The predicted molar refractivity (Wildman–Crippen MR) is 74.4 cm³/mol. The summed E-state index contributed by atoms with van der Waals surface area (Å²) in [5.74, 6) is 5.72. The molecule has 2 heterocycles. The summed E-state index contributed by atoms with van der Waals surface area (Å²) in [4.78, 5) is 0. The summed E-state index contributed by atoms with van der Waals surface area (Å²) in [7, 11) is 1.96. The van der Waals surface area contributed by atoms with E-state index in [-0.39, 0.29) is 6.04 Å². The first-order valence-electron chi connectivity index (χ1n) is 6.55. The van der Waals surface area contributed by atoms with Gasteiger partial charge in [0, 0.05) is 25.7 Å². The van der Waals surface area contributed by atoms with Gasteiger partial charge < -0.3 is 0 Å². The van der Waals surface area contributed by atoms with Crippen molar-refractivity contribution in [3.05, 3.63) is 34.9 Å². The minimum absolute atomic E-state index is 0.0379. The average molecular weight is 262 g/mol. The molecule has 3 N–H and O–H groups in total. The van der Waals surface area contributed by atoms with Gasteiger partial charge in [0.15, 0.2) is 0 Å². The van der Waals surface area contributed by atoms with Crippen LogP contribution >= 0.6 is 0 Å². The van der Waals surface area contributed by atoms with Crippen molar-refractivity contribution in [3.63, 3.8) is 0 Å².